The zero-order valence-corrected chi connectivity index (χ0v) is 13.0. The van der Waals surface area contributed by atoms with Crippen molar-refractivity contribution >= 4 is 23.2 Å². The minimum Gasteiger partial charge on any atom is -0.494 e. The highest BCUT2D eigenvalue weighted by Crippen LogP contribution is 2.38. The number of thiophene rings is 1. The van der Waals surface area contributed by atoms with Crippen molar-refractivity contribution < 1.29 is 14.3 Å². The number of aryl methyl sites for hydroxylation is 2. The molecule has 0 unspecified atom stereocenters. The fourth-order valence-corrected chi connectivity index (χ4v) is 3.23. The molecule has 1 aliphatic rings. The molecular formula is C17H16O3S. The molecule has 1 aromatic carbocycles. The lowest BCUT2D eigenvalue weighted by atomic mass is 10.0. The van der Waals surface area contributed by atoms with E-state index < -0.39 is 0 Å². The fourth-order valence-electron chi connectivity index (χ4n) is 2.38. The van der Waals surface area contributed by atoms with E-state index in [9.17, 15) is 4.79 Å². The molecule has 0 bridgehead atoms. The van der Waals surface area contributed by atoms with E-state index in [0.29, 0.717) is 23.7 Å². The molecule has 21 heavy (non-hydrogen) atoms. The first-order valence-corrected chi connectivity index (χ1v) is 7.74. The number of Topliss-reactive ketones (excluding diaryl/α,β-unsaturated/α-hetero) is 1. The molecule has 3 nitrogen and oxygen atoms in total. The van der Waals surface area contributed by atoms with E-state index in [1.807, 2.05) is 44.4 Å². The summed E-state index contributed by atoms with van der Waals surface area (Å²) in [6.07, 6.45) is 1.82. The average molecular weight is 300 g/mol. The van der Waals surface area contributed by atoms with Gasteiger partial charge in [-0.2, -0.15) is 0 Å². The van der Waals surface area contributed by atoms with Crippen molar-refractivity contribution in [2.24, 2.45) is 0 Å². The number of benzene rings is 1. The normalized spacial score (nSPS) is 15.2. The SMILES string of the molecule is CCOc1cc(C)c2c(c1)O/C(=C\c1sccc1C)C2=O. The lowest BCUT2D eigenvalue weighted by Gasteiger charge is -2.06. The zero-order chi connectivity index (χ0) is 15.0. The van der Waals surface area contributed by atoms with Gasteiger partial charge in [0.1, 0.15) is 11.5 Å². The maximum Gasteiger partial charge on any atom is 0.232 e. The summed E-state index contributed by atoms with van der Waals surface area (Å²) in [5, 5.41) is 2.01. The second-order valence-corrected chi connectivity index (χ2v) is 5.90. The molecule has 0 atom stereocenters. The Morgan fingerprint density at radius 2 is 2.10 bits per heavy atom. The molecule has 1 aliphatic heterocycles. The summed E-state index contributed by atoms with van der Waals surface area (Å²) in [7, 11) is 0. The maximum absolute atomic E-state index is 12.5. The molecular weight excluding hydrogens is 284 g/mol. The van der Waals surface area contributed by atoms with Gasteiger partial charge in [0.2, 0.25) is 5.78 Å². The van der Waals surface area contributed by atoms with Gasteiger partial charge in [0, 0.05) is 17.0 Å². The maximum atomic E-state index is 12.5. The molecule has 0 spiro atoms. The minimum absolute atomic E-state index is 0.0571. The summed E-state index contributed by atoms with van der Waals surface area (Å²) in [5.41, 5.74) is 2.66. The Kier molecular flexibility index (Phi) is 3.55. The number of rotatable bonds is 3. The molecule has 2 aromatic rings. The van der Waals surface area contributed by atoms with Crippen molar-refractivity contribution in [3.8, 4) is 11.5 Å². The topological polar surface area (TPSA) is 35.5 Å². The highest BCUT2D eigenvalue weighted by Gasteiger charge is 2.30. The fraction of sp³-hybridized carbons (Fsp3) is 0.235. The van der Waals surface area contributed by atoms with Crippen LogP contribution in [0.15, 0.2) is 29.3 Å². The van der Waals surface area contributed by atoms with E-state index in [1.165, 1.54) is 0 Å². The van der Waals surface area contributed by atoms with Crippen LogP contribution in [0.3, 0.4) is 0 Å². The Morgan fingerprint density at radius 1 is 1.29 bits per heavy atom. The van der Waals surface area contributed by atoms with Crippen molar-refractivity contribution in [2.75, 3.05) is 6.61 Å². The quantitative estimate of drug-likeness (QED) is 0.789. The van der Waals surface area contributed by atoms with Gasteiger partial charge < -0.3 is 9.47 Å². The van der Waals surface area contributed by atoms with Crippen LogP contribution in [0, 0.1) is 13.8 Å². The van der Waals surface area contributed by atoms with E-state index in [2.05, 4.69) is 0 Å². The van der Waals surface area contributed by atoms with Crippen molar-refractivity contribution in [1.29, 1.82) is 0 Å². The van der Waals surface area contributed by atoms with Crippen LogP contribution < -0.4 is 9.47 Å². The van der Waals surface area contributed by atoms with Gasteiger partial charge in [-0.05, 0) is 49.4 Å². The van der Waals surface area contributed by atoms with Crippen molar-refractivity contribution in [3.05, 3.63) is 50.9 Å². The van der Waals surface area contributed by atoms with E-state index in [1.54, 1.807) is 17.4 Å². The van der Waals surface area contributed by atoms with Crippen LogP contribution in [0.5, 0.6) is 11.5 Å². The summed E-state index contributed by atoms with van der Waals surface area (Å²) in [4.78, 5) is 13.5. The number of carbonyl (C=O) groups is 1. The molecule has 0 radical (unpaired) electrons. The molecule has 4 heteroatoms. The molecule has 0 fully saturated rings. The third-order valence-electron chi connectivity index (χ3n) is 3.42. The standard InChI is InChI=1S/C17H16O3S/c1-4-19-12-7-11(3)16-13(8-12)20-14(17(16)18)9-15-10(2)5-6-21-15/h5-9H,4H2,1-3H3/b14-9-. The van der Waals surface area contributed by atoms with Crippen LogP contribution >= 0.6 is 11.3 Å². The smallest absolute Gasteiger partial charge is 0.232 e. The van der Waals surface area contributed by atoms with Crippen LogP contribution in [0.25, 0.3) is 6.08 Å². The summed E-state index contributed by atoms with van der Waals surface area (Å²) in [6.45, 7) is 6.44. The number of fused-ring (bicyclic) bond motifs is 1. The van der Waals surface area contributed by atoms with Gasteiger partial charge in [0.05, 0.1) is 12.2 Å². The Morgan fingerprint density at radius 3 is 2.76 bits per heavy atom. The predicted molar refractivity (Wildman–Crippen MR) is 84.3 cm³/mol. The molecule has 108 valence electrons. The van der Waals surface area contributed by atoms with Gasteiger partial charge in [0.25, 0.3) is 0 Å². The number of ether oxygens (including phenoxy) is 2. The van der Waals surface area contributed by atoms with Gasteiger partial charge >= 0.3 is 0 Å². The second kappa shape index (κ2) is 5.37. The molecule has 0 saturated carbocycles. The Bertz CT molecular complexity index is 740. The summed E-state index contributed by atoms with van der Waals surface area (Å²) < 4.78 is 11.3. The first kappa shape index (κ1) is 13.9. The Balaban J connectivity index is 2.00. The number of ketones is 1. The van der Waals surface area contributed by atoms with Crippen LogP contribution in [-0.4, -0.2) is 12.4 Å². The van der Waals surface area contributed by atoms with Gasteiger partial charge in [-0.3, -0.25) is 4.79 Å². The highest BCUT2D eigenvalue weighted by molar-refractivity contribution is 7.11. The first-order valence-electron chi connectivity index (χ1n) is 6.86. The van der Waals surface area contributed by atoms with Gasteiger partial charge in [-0.15, -0.1) is 11.3 Å². The zero-order valence-electron chi connectivity index (χ0n) is 12.2. The summed E-state index contributed by atoms with van der Waals surface area (Å²) in [6, 6.07) is 5.69. The van der Waals surface area contributed by atoms with Crippen molar-refractivity contribution in [3.63, 3.8) is 0 Å². The molecule has 2 heterocycles. The predicted octanol–water partition coefficient (Wildman–Crippen LogP) is 4.38. The van der Waals surface area contributed by atoms with E-state index in [0.717, 1.165) is 21.8 Å². The lowest BCUT2D eigenvalue weighted by molar-refractivity contribution is 0.101. The lowest BCUT2D eigenvalue weighted by Crippen LogP contribution is -1.99. The number of carbonyl (C=O) groups excluding carboxylic acids is 1. The number of hydrogen-bond donors (Lipinski definition) is 0. The minimum atomic E-state index is -0.0571. The van der Waals surface area contributed by atoms with Crippen molar-refractivity contribution in [2.45, 2.75) is 20.8 Å². The summed E-state index contributed by atoms with van der Waals surface area (Å²) in [5.74, 6) is 1.64. The molecule has 0 N–H and O–H groups in total. The van der Waals surface area contributed by atoms with E-state index >= 15 is 0 Å². The molecule has 1 aromatic heterocycles. The molecule has 0 aliphatic carbocycles. The Hall–Kier alpha value is -2.07. The first-order chi connectivity index (χ1) is 10.1. The highest BCUT2D eigenvalue weighted by atomic mass is 32.1. The monoisotopic (exact) mass is 300 g/mol. The van der Waals surface area contributed by atoms with Crippen LogP contribution in [0.1, 0.15) is 33.3 Å². The van der Waals surface area contributed by atoms with Gasteiger partial charge in [0.15, 0.2) is 5.76 Å². The van der Waals surface area contributed by atoms with E-state index in [4.69, 9.17) is 9.47 Å². The van der Waals surface area contributed by atoms with Crippen LogP contribution in [0.2, 0.25) is 0 Å². The Labute approximate surface area is 127 Å². The molecule has 0 saturated heterocycles. The second-order valence-electron chi connectivity index (χ2n) is 4.95. The third-order valence-corrected chi connectivity index (χ3v) is 4.38. The van der Waals surface area contributed by atoms with Gasteiger partial charge in [-0.1, -0.05) is 0 Å². The number of allylic oxidation sites excluding steroid dienone is 1. The third kappa shape index (κ3) is 2.47. The van der Waals surface area contributed by atoms with Crippen LogP contribution in [0.4, 0.5) is 0 Å². The molecule has 3 rings (SSSR count). The molecule has 0 amide bonds. The average Bonchev–Trinajstić information content (AvgIpc) is 2.96. The summed E-state index contributed by atoms with van der Waals surface area (Å²) >= 11 is 1.60. The van der Waals surface area contributed by atoms with Crippen molar-refractivity contribution in [1.82, 2.24) is 0 Å². The van der Waals surface area contributed by atoms with Gasteiger partial charge in [-0.25, -0.2) is 0 Å². The largest absolute Gasteiger partial charge is 0.494 e. The number of hydrogen-bond acceptors (Lipinski definition) is 4. The van der Waals surface area contributed by atoms with E-state index in [-0.39, 0.29) is 5.78 Å². The van der Waals surface area contributed by atoms with Crippen LogP contribution in [-0.2, 0) is 0 Å².